The lowest BCUT2D eigenvalue weighted by atomic mass is 9.90. The Morgan fingerprint density at radius 1 is 0.786 bits per heavy atom. The van der Waals surface area contributed by atoms with Crippen molar-refractivity contribution in [2.45, 2.75) is 18.8 Å². The summed E-state index contributed by atoms with van der Waals surface area (Å²) in [6, 6.07) is 25.4. The third-order valence-electron chi connectivity index (χ3n) is 5.64. The Hall–Kier alpha value is -3.04. The van der Waals surface area contributed by atoms with Crippen LogP contribution in [0.15, 0.2) is 79.0 Å². The standard InChI is InChI=1S/C25H23N3/c1-3-7-18(8-4-1)22-17-23(19-11-14-26-15-12-19)28-25-21(22)13-16-27-24(25)20-9-5-2-6-10-20/h1-10,13,16-17,19,26H,11-12,14-15H2. The maximum Gasteiger partial charge on any atom is 0.0974 e. The number of pyridine rings is 2. The third kappa shape index (κ3) is 3.19. The molecule has 28 heavy (non-hydrogen) atoms. The van der Waals surface area contributed by atoms with Gasteiger partial charge in [0.05, 0.1) is 11.2 Å². The molecule has 138 valence electrons. The lowest BCUT2D eigenvalue weighted by Crippen LogP contribution is -2.27. The zero-order valence-corrected chi connectivity index (χ0v) is 15.8. The van der Waals surface area contributed by atoms with Crippen LogP contribution in [-0.4, -0.2) is 23.1 Å². The quantitative estimate of drug-likeness (QED) is 0.526. The Balaban J connectivity index is 1.77. The van der Waals surface area contributed by atoms with Crippen LogP contribution in [0.4, 0.5) is 0 Å². The first-order valence-electron chi connectivity index (χ1n) is 10.0. The van der Waals surface area contributed by atoms with E-state index in [2.05, 4.69) is 72.0 Å². The van der Waals surface area contributed by atoms with E-state index in [0.717, 1.165) is 48.1 Å². The molecule has 3 nitrogen and oxygen atoms in total. The highest BCUT2D eigenvalue weighted by molar-refractivity contribution is 6.00. The highest BCUT2D eigenvalue weighted by Crippen LogP contribution is 2.36. The number of fused-ring (bicyclic) bond motifs is 1. The molecule has 2 aromatic carbocycles. The van der Waals surface area contributed by atoms with Crippen LogP contribution in [0.3, 0.4) is 0 Å². The van der Waals surface area contributed by atoms with Crippen LogP contribution < -0.4 is 5.32 Å². The Kier molecular flexibility index (Phi) is 4.59. The minimum absolute atomic E-state index is 0.497. The number of hydrogen-bond acceptors (Lipinski definition) is 3. The molecular formula is C25H23N3. The van der Waals surface area contributed by atoms with Gasteiger partial charge in [-0.3, -0.25) is 9.97 Å². The normalized spacial score (nSPS) is 15.0. The summed E-state index contributed by atoms with van der Waals surface area (Å²) < 4.78 is 0. The van der Waals surface area contributed by atoms with Gasteiger partial charge in [-0.2, -0.15) is 0 Å². The Morgan fingerprint density at radius 2 is 1.46 bits per heavy atom. The molecule has 0 atom stereocenters. The zero-order chi connectivity index (χ0) is 18.8. The molecule has 5 rings (SSSR count). The van der Waals surface area contributed by atoms with Gasteiger partial charge in [-0.1, -0.05) is 60.7 Å². The monoisotopic (exact) mass is 365 g/mol. The van der Waals surface area contributed by atoms with Gasteiger partial charge in [0.1, 0.15) is 0 Å². The highest BCUT2D eigenvalue weighted by atomic mass is 14.9. The predicted molar refractivity (Wildman–Crippen MR) is 115 cm³/mol. The Bertz CT molecular complexity index is 1080. The molecule has 0 spiro atoms. The van der Waals surface area contributed by atoms with E-state index in [-0.39, 0.29) is 0 Å². The second-order valence-corrected chi connectivity index (χ2v) is 7.41. The summed E-state index contributed by atoms with van der Waals surface area (Å²) in [5, 5.41) is 4.63. The van der Waals surface area contributed by atoms with Gasteiger partial charge < -0.3 is 5.32 Å². The van der Waals surface area contributed by atoms with E-state index >= 15 is 0 Å². The molecule has 1 saturated heterocycles. The summed E-state index contributed by atoms with van der Waals surface area (Å²) in [7, 11) is 0. The van der Waals surface area contributed by atoms with Gasteiger partial charge in [-0.25, -0.2) is 0 Å². The number of hydrogen-bond donors (Lipinski definition) is 1. The molecule has 1 N–H and O–H groups in total. The summed E-state index contributed by atoms with van der Waals surface area (Å²) in [6.07, 6.45) is 4.17. The van der Waals surface area contributed by atoms with Crippen molar-refractivity contribution in [1.29, 1.82) is 0 Å². The molecule has 0 amide bonds. The first-order valence-corrected chi connectivity index (χ1v) is 10.0. The van der Waals surface area contributed by atoms with Crippen molar-refractivity contribution in [3.63, 3.8) is 0 Å². The van der Waals surface area contributed by atoms with Crippen molar-refractivity contribution in [3.05, 3.63) is 84.7 Å². The van der Waals surface area contributed by atoms with Gasteiger partial charge in [0.2, 0.25) is 0 Å². The average Bonchev–Trinajstić information content (AvgIpc) is 2.79. The molecule has 1 aliphatic rings. The maximum absolute atomic E-state index is 5.17. The van der Waals surface area contributed by atoms with Crippen molar-refractivity contribution >= 4 is 10.9 Å². The summed E-state index contributed by atoms with van der Waals surface area (Å²) in [6.45, 7) is 2.12. The summed E-state index contributed by atoms with van der Waals surface area (Å²) >= 11 is 0. The molecule has 0 aliphatic carbocycles. The summed E-state index contributed by atoms with van der Waals surface area (Å²) in [5.74, 6) is 0.497. The lowest BCUT2D eigenvalue weighted by molar-refractivity contribution is 0.454. The zero-order valence-electron chi connectivity index (χ0n) is 15.8. The Labute approximate surface area is 165 Å². The predicted octanol–water partition coefficient (Wildman–Crippen LogP) is 5.43. The van der Waals surface area contributed by atoms with Gasteiger partial charge >= 0.3 is 0 Å². The van der Waals surface area contributed by atoms with Crippen LogP contribution in [0.25, 0.3) is 33.3 Å². The van der Waals surface area contributed by atoms with Crippen molar-refractivity contribution in [2.75, 3.05) is 13.1 Å². The summed E-state index contributed by atoms with van der Waals surface area (Å²) in [4.78, 5) is 9.89. The molecule has 0 saturated carbocycles. The minimum atomic E-state index is 0.497. The third-order valence-corrected chi connectivity index (χ3v) is 5.64. The fourth-order valence-electron chi connectivity index (χ4n) is 4.16. The number of nitrogens with zero attached hydrogens (tertiary/aromatic N) is 2. The first kappa shape index (κ1) is 17.1. The van der Waals surface area contributed by atoms with Gasteiger partial charge in [-0.15, -0.1) is 0 Å². The number of nitrogens with one attached hydrogen (secondary N) is 1. The van der Waals surface area contributed by atoms with Crippen LogP contribution in [-0.2, 0) is 0 Å². The Morgan fingerprint density at radius 3 is 2.18 bits per heavy atom. The van der Waals surface area contributed by atoms with Gasteiger partial charge in [0.15, 0.2) is 0 Å². The lowest BCUT2D eigenvalue weighted by Gasteiger charge is -2.23. The molecule has 0 radical (unpaired) electrons. The number of benzene rings is 2. The van der Waals surface area contributed by atoms with Crippen LogP contribution in [0, 0.1) is 0 Å². The van der Waals surface area contributed by atoms with Crippen LogP contribution >= 0.6 is 0 Å². The number of aromatic nitrogens is 2. The molecule has 2 aromatic heterocycles. The topological polar surface area (TPSA) is 37.8 Å². The molecule has 1 aliphatic heterocycles. The van der Waals surface area contributed by atoms with Crippen LogP contribution in [0.5, 0.6) is 0 Å². The van der Waals surface area contributed by atoms with E-state index in [9.17, 15) is 0 Å². The van der Waals surface area contributed by atoms with Crippen molar-refractivity contribution in [2.24, 2.45) is 0 Å². The molecular weight excluding hydrogens is 342 g/mol. The van der Waals surface area contributed by atoms with E-state index in [4.69, 9.17) is 9.97 Å². The van der Waals surface area contributed by atoms with Crippen molar-refractivity contribution in [1.82, 2.24) is 15.3 Å². The smallest absolute Gasteiger partial charge is 0.0974 e. The second-order valence-electron chi connectivity index (χ2n) is 7.41. The van der Waals surface area contributed by atoms with E-state index in [1.807, 2.05) is 12.3 Å². The fourth-order valence-corrected chi connectivity index (χ4v) is 4.16. The molecule has 3 heteroatoms. The minimum Gasteiger partial charge on any atom is -0.317 e. The van der Waals surface area contributed by atoms with Gasteiger partial charge in [0, 0.05) is 28.8 Å². The molecule has 3 heterocycles. The maximum atomic E-state index is 5.17. The van der Waals surface area contributed by atoms with Crippen molar-refractivity contribution in [3.8, 4) is 22.4 Å². The van der Waals surface area contributed by atoms with Crippen LogP contribution in [0.2, 0.25) is 0 Å². The molecule has 0 bridgehead atoms. The first-order chi connectivity index (χ1) is 13.9. The van der Waals surface area contributed by atoms with E-state index in [0.29, 0.717) is 5.92 Å². The number of rotatable bonds is 3. The molecule has 4 aromatic rings. The summed E-state index contributed by atoms with van der Waals surface area (Å²) in [5.41, 5.74) is 6.75. The second kappa shape index (κ2) is 7.53. The highest BCUT2D eigenvalue weighted by Gasteiger charge is 2.20. The number of piperidine rings is 1. The molecule has 1 fully saturated rings. The van der Waals surface area contributed by atoms with E-state index < -0.39 is 0 Å². The fraction of sp³-hybridized carbons (Fsp3) is 0.200. The molecule has 0 unspecified atom stereocenters. The van der Waals surface area contributed by atoms with Gasteiger partial charge in [0.25, 0.3) is 0 Å². The van der Waals surface area contributed by atoms with Crippen molar-refractivity contribution < 1.29 is 0 Å². The van der Waals surface area contributed by atoms with E-state index in [1.54, 1.807) is 0 Å². The average molecular weight is 365 g/mol. The van der Waals surface area contributed by atoms with Gasteiger partial charge in [-0.05, 0) is 49.2 Å². The largest absolute Gasteiger partial charge is 0.317 e. The van der Waals surface area contributed by atoms with E-state index in [1.165, 1.54) is 16.8 Å². The SMILES string of the molecule is c1ccc(-c2cc(C3CCNCC3)nc3c(-c4ccccc4)nccc23)cc1. The van der Waals surface area contributed by atoms with Crippen LogP contribution in [0.1, 0.15) is 24.5 Å².